The fraction of sp³-hybridized carbons (Fsp3) is 0.148. The SMILES string of the molecule is C=C(C)c1ccc(COCCc2ccc(C=CC(=O)c3ccccc3)cc2)cc1. The maximum Gasteiger partial charge on any atom is 0.185 e. The van der Waals surface area contributed by atoms with Crippen LogP contribution in [0, 0.1) is 0 Å². The number of rotatable bonds is 9. The van der Waals surface area contributed by atoms with Crippen molar-refractivity contribution >= 4 is 17.4 Å². The highest BCUT2D eigenvalue weighted by Crippen LogP contribution is 2.13. The van der Waals surface area contributed by atoms with E-state index in [4.69, 9.17) is 4.74 Å². The van der Waals surface area contributed by atoms with E-state index in [1.54, 1.807) is 6.08 Å². The van der Waals surface area contributed by atoms with Crippen molar-refractivity contribution in [3.63, 3.8) is 0 Å². The summed E-state index contributed by atoms with van der Waals surface area (Å²) in [5.41, 5.74) is 6.32. The predicted molar refractivity (Wildman–Crippen MR) is 121 cm³/mol. The molecule has 0 aromatic heterocycles. The number of benzene rings is 3. The van der Waals surface area contributed by atoms with Crippen LogP contribution in [0.15, 0.2) is 91.5 Å². The minimum absolute atomic E-state index is 0.0133. The van der Waals surface area contributed by atoms with Crippen LogP contribution in [0.1, 0.15) is 39.5 Å². The van der Waals surface area contributed by atoms with Crippen LogP contribution in [0.3, 0.4) is 0 Å². The molecule has 2 heteroatoms. The van der Waals surface area contributed by atoms with Crippen LogP contribution in [0.5, 0.6) is 0 Å². The highest BCUT2D eigenvalue weighted by Gasteiger charge is 2.00. The Morgan fingerprint density at radius 1 is 0.862 bits per heavy atom. The molecule has 0 heterocycles. The summed E-state index contributed by atoms with van der Waals surface area (Å²) < 4.78 is 5.80. The minimum atomic E-state index is 0.0133. The highest BCUT2D eigenvalue weighted by molar-refractivity contribution is 6.06. The van der Waals surface area contributed by atoms with Gasteiger partial charge in [0.15, 0.2) is 5.78 Å². The maximum absolute atomic E-state index is 12.1. The van der Waals surface area contributed by atoms with E-state index < -0.39 is 0 Å². The Morgan fingerprint density at radius 2 is 1.52 bits per heavy atom. The lowest BCUT2D eigenvalue weighted by molar-refractivity contribution is 0.104. The fourth-order valence-electron chi connectivity index (χ4n) is 2.93. The van der Waals surface area contributed by atoms with Crippen molar-refractivity contribution in [1.29, 1.82) is 0 Å². The summed E-state index contributed by atoms with van der Waals surface area (Å²) in [6, 6.07) is 25.8. The predicted octanol–water partition coefficient (Wildman–Crippen LogP) is 6.38. The third-order valence-electron chi connectivity index (χ3n) is 4.72. The number of ketones is 1. The van der Waals surface area contributed by atoms with E-state index >= 15 is 0 Å². The summed E-state index contributed by atoms with van der Waals surface area (Å²) in [6.07, 6.45) is 4.33. The number of carbonyl (C=O) groups is 1. The molecule has 0 aliphatic rings. The number of hydrogen-bond donors (Lipinski definition) is 0. The number of ether oxygens (including phenoxy) is 1. The van der Waals surface area contributed by atoms with Gasteiger partial charge in [-0.1, -0.05) is 97.1 Å². The summed E-state index contributed by atoms with van der Waals surface area (Å²) >= 11 is 0. The lowest BCUT2D eigenvalue weighted by Crippen LogP contribution is -1.99. The summed E-state index contributed by atoms with van der Waals surface area (Å²) in [7, 11) is 0. The normalized spacial score (nSPS) is 10.9. The molecule has 146 valence electrons. The molecule has 2 nitrogen and oxygen atoms in total. The van der Waals surface area contributed by atoms with Crippen LogP contribution >= 0.6 is 0 Å². The van der Waals surface area contributed by atoms with E-state index in [0.29, 0.717) is 18.8 Å². The molecule has 3 aromatic carbocycles. The molecule has 0 saturated heterocycles. The average Bonchev–Trinajstić information content (AvgIpc) is 2.77. The molecular weight excluding hydrogens is 356 g/mol. The maximum atomic E-state index is 12.1. The van der Waals surface area contributed by atoms with Gasteiger partial charge in [-0.25, -0.2) is 0 Å². The Hall–Kier alpha value is -3.23. The summed E-state index contributed by atoms with van der Waals surface area (Å²) in [6.45, 7) is 7.24. The lowest BCUT2D eigenvalue weighted by Gasteiger charge is -2.06. The van der Waals surface area contributed by atoms with Crippen LogP contribution in [-0.4, -0.2) is 12.4 Å². The van der Waals surface area contributed by atoms with Crippen LogP contribution in [0.25, 0.3) is 11.6 Å². The fourth-order valence-corrected chi connectivity index (χ4v) is 2.93. The Morgan fingerprint density at radius 3 is 2.17 bits per heavy atom. The molecule has 0 aliphatic carbocycles. The zero-order chi connectivity index (χ0) is 20.5. The Kier molecular flexibility index (Phi) is 7.32. The van der Waals surface area contributed by atoms with Gasteiger partial charge in [-0.05, 0) is 41.7 Å². The van der Waals surface area contributed by atoms with Gasteiger partial charge in [0.25, 0.3) is 0 Å². The molecule has 0 radical (unpaired) electrons. The minimum Gasteiger partial charge on any atom is -0.376 e. The lowest BCUT2D eigenvalue weighted by atomic mass is 10.1. The van der Waals surface area contributed by atoms with E-state index in [1.165, 1.54) is 11.1 Å². The molecule has 0 N–H and O–H groups in total. The van der Waals surface area contributed by atoms with E-state index in [0.717, 1.165) is 23.1 Å². The summed E-state index contributed by atoms with van der Waals surface area (Å²) in [5, 5.41) is 0. The van der Waals surface area contributed by atoms with Crippen molar-refractivity contribution in [1.82, 2.24) is 0 Å². The smallest absolute Gasteiger partial charge is 0.185 e. The second kappa shape index (κ2) is 10.4. The van der Waals surface area contributed by atoms with Gasteiger partial charge >= 0.3 is 0 Å². The van der Waals surface area contributed by atoms with Crippen molar-refractivity contribution in [2.45, 2.75) is 20.0 Å². The third kappa shape index (κ3) is 6.41. The molecule has 0 fully saturated rings. The summed E-state index contributed by atoms with van der Waals surface area (Å²) in [5.74, 6) is 0.0133. The van der Waals surface area contributed by atoms with Gasteiger partial charge < -0.3 is 4.74 Å². The van der Waals surface area contributed by atoms with Crippen molar-refractivity contribution in [2.75, 3.05) is 6.61 Å². The van der Waals surface area contributed by atoms with Crippen LogP contribution in [-0.2, 0) is 17.8 Å². The molecule has 0 saturated carbocycles. The van der Waals surface area contributed by atoms with E-state index in [9.17, 15) is 4.79 Å². The number of allylic oxidation sites excluding steroid dienone is 2. The molecule has 0 atom stereocenters. The van der Waals surface area contributed by atoms with Crippen molar-refractivity contribution in [3.8, 4) is 0 Å². The molecule has 0 aliphatic heterocycles. The molecule has 3 rings (SSSR count). The molecule has 0 spiro atoms. The average molecular weight is 383 g/mol. The van der Waals surface area contributed by atoms with Crippen molar-refractivity contribution in [2.24, 2.45) is 0 Å². The second-order valence-electron chi connectivity index (χ2n) is 7.09. The monoisotopic (exact) mass is 382 g/mol. The van der Waals surface area contributed by atoms with Gasteiger partial charge in [0.1, 0.15) is 0 Å². The van der Waals surface area contributed by atoms with Crippen molar-refractivity contribution < 1.29 is 9.53 Å². The first kappa shape index (κ1) is 20.5. The first-order valence-corrected chi connectivity index (χ1v) is 9.81. The molecule has 29 heavy (non-hydrogen) atoms. The van der Waals surface area contributed by atoms with E-state index in [-0.39, 0.29) is 5.78 Å². The first-order valence-electron chi connectivity index (χ1n) is 9.81. The van der Waals surface area contributed by atoms with Crippen molar-refractivity contribution in [3.05, 3.63) is 119 Å². The summed E-state index contributed by atoms with van der Waals surface area (Å²) in [4.78, 5) is 12.1. The van der Waals surface area contributed by atoms with Gasteiger partial charge in [-0.2, -0.15) is 0 Å². The second-order valence-corrected chi connectivity index (χ2v) is 7.09. The molecule has 3 aromatic rings. The number of hydrogen-bond acceptors (Lipinski definition) is 2. The standard InChI is InChI=1S/C27H26O2/c1-21(2)25-15-12-24(13-16-25)20-29-19-18-23-10-8-22(9-11-23)14-17-27(28)26-6-4-3-5-7-26/h3-17H,1,18-20H2,2H3. The highest BCUT2D eigenvalue weighted by atomic mass is 16.5. The quantitative estimate of drug-likeness (QED) is 0.244. The van der Waals surface area contributed by atoms with Crippen LogP contribution in [0.4, 0.5) is 0 Å². The Balaban J connectivity index is 1.44. The zero-order valence-electron chi connectivity index (χ0n) is 16.8. The van der Waals surface area contributed by atoms with Crippen LogP contribution in [0.2, 0.25) is 0 Å². The molecule has 0 bridgehead atoms. The van der Waals surface area contributed by atoms with E-state index in [1.807, 2.05) is 55.5 Å². The van der Waals surface area contributed by atoms with Gasteiger partial charge in [-0.3, -0.25) is 4.79 Å². The first-order chi connectivity index (χ1) is 14.1. The van der Waals surface area contributed by atoms with E-state index in [2.05, 4.69) is 43.0 Å². The Bertz CT molecular complexity index is 965. The third-order valence-corrected chi connectivity index (χ3v) is 4.72. The molecule has 0 amide bonds. The van der Waals surface area contributed by atoms with Gasteiger partial charge in [-0.15, -0.1) is 0 Å². The van der Waals surface area contributed by atoms with Gasteiger partial charge in [0.2, 0.25) is 0 Å². The topological polar surface area (TPSA) is 26.3 Å². The number of carbonyl (C=O) groups excluding carboxylic acids is 1. The Labute approximate surface area is 173 Å². The van der Waals surface area contributed by atoms with Gasteiger partial charge in [0, 0.05) is 5.56 Å². The van der Waals surface area contributed by atoms with Gasteiger partial charge in [0.05, 0.1) is 13.2 Å². The molecular formula is C27H26O2. The molecule has 0 unspecified atom stereocenters. The zero-order valence-corrected chi connectivity index (χ0v) is 16.8. The van der Waals surface area contributed by atoms with Crippen LogP contribution < -0.4 is 0 Å². The largest absolute Gasteiger partial charge is 0.376 e.